The van der Waals surface area contributed by atoms with Gasteiger partial charge in [-0.05, 0) is 36.4 Å². The number of carbonyl (C=O) groups excluding carboxylic acids is 1. The summed E-state index contributed by atoms with van der Waals surface area (Å²) in [6.07, 6.45) is 2.39. The second-order valence-electron chi connectivity index (χ2n) is 6.67. The molecule has 0 saturated heterocycles. The van der Waals surface area contributed by atoms with Crippen molar-refractivity contribution in [3.63, 3.8) is 0 Å². The van der Waals surface area contributed by atoms with Gasteiger partial charge >= 0.3 is 0 Å². The lowest BCUT2D eigenvalue weighted by atomic mass is 10.2. The summed E-state index contributed by atoms with van der Waals surface area (Å²) in [4.78, 5) is 16.6. The first-order valence-electron chi connectivity index (χ1n) is 9.77. The van der Waals surface area contributed by atoms with Gasteiger partial charge in [-0.25, -0.2) is 4.39 Å². The summed E-state index contributed by atoms with van der Waals surface area (Å²) in [5.74, 6) is 0.0685. The third-order valence-electron chi connectivity index (χ3n) is 4.52. The maximum Gasteiger partial charge on any atom is 0.230 e. The predicted octanol–water partition coefficient (Wildman–Crippen LogP) is 3.92. The van der Waals surface area contributed by atoms with E-state index in [-0.39, 0.29) is 17.5 Å². The molecule has 2 heterocycles. The lowest BCUT2D eigenvalue weighted by Gasteiger charge is -2.11. The Bertz CT molecular complexity index is 1150. The average molecular weight is 434 g/mol. The molecule has 0 unspecified atom stereocenters. The first kappa shape index (κ1) is 20.7. The summed E-state index contributed by atoms with van der Waals surface area (Å²) >= 11 is 1.26. The normalized spacial score (nSPS) is 10.7. The fraction of sp³-hybridized carbons (Fsp3) is 0.130. The summed E-state index contributed by atoms with van der Waals surface area (Å²) in [5.41, 5.74) is 2.07. The van der Waals surface area contributed by atoms with E-state index in [1.807, 2.05) is 48.5 Å². The van der Waals surface area contributed by atoms with Gasteiger partial charge in [-0.2, -0.15) is 0 Å². The third-order valence-corrected chi connectivity index (χ3v) is 5.45. The van der Waals surface area contributed by atoms with Gasteiger partial charge in [0.2, 0.25) is 5.91 Å². The number of benzene rings is 2. The molecule has 156 valence electrons. The van der Waals surface area contributed by atoms with E-state index in [2.05, 4.69) is 20.5 Å². The van der Waals surface area contributed by atoms with Crippen molar-refractivity contribution in [3.05, 3.63) is 90.5 Å². The predicted molar refractivity (Wildman–Crippen MR) is 118 cm³/mol. The van der Waals surface area contributed by atoms with Crippen molar-refractivity contribution in [3.8, 4) is 17.1 Å². The van der Waals surface area contributed by atoms with Gasteiger partial charge < -0.3 is 5.32 Å². The zero-order valence-electron chi connectivity index (χ0n) is 16.6. The fourth-order valence-electron chi connectivity index (χ4n) is 3.05. The minimum Gasteiger partial charge on any atom is -0.355 e. The minimum atomic E-state index is -0.379. The molecule has 0 spiro atoms. The largest absolute Gasteiger partial charge is 0.355 e. The van der Waals surface area contributed by atoms with E-state index in [9.17, 15) is 9.18 Å². The molecule has 31 heavy (non-hydrogen) atoms. The zero-order valence-corrected chi connectivity index (χ0v) is 17.4. The Morgan fingerprint density at radius 3 is 2.52 bits per heavy atom. The first-order valence-corrected chi connectivity index (χ1v) is 10.8. The van der Waals surface area contributed by atoms with Gasteiger partial charge in [0.05, 0.1) is 11.3 Å². The number of carbonyl (C=O) groups is 1. The molecular weight excluding hydrogens is 413 g/mol. The molecule has 0 fully saturated rings. The number of aromatic nitrogens is 4. The molecule has 4 aromatic rings. The van der Waals surface area contributed by atoms with Crippen molar-refractivity contribution in [2.24, 2.45) is 0 Å². The van der Waals surface area contributed by atoms with Gasteiger partial charge in [0, 0.05) is 30.5 Å². The number of amides is 1. The van der Waals surface area contributed by atoms with Crippen LogP contribution in [0.5, 0.6) is 0 Å². The van der Waals surface area contributed by atoms with Gasteiger partial charge in [-0.3, -0.25) is 14.3 Å². The second-order valence-corrected chi connectivity index (χ2v) is 7.61. The van der Waals surface area contributed by atoms with Crippen LogP contribution >= 0.6 is 11.8 Å². The van der Waals surface area contributed by atoms with Gasteiger partial charge in [0.1, 0.15) is 5.82 Å². The van der Waals surface area contributed by atoms with E-state index < -0.39 is 0 Å². The Balaban J connectivity index is 1.48. The summed E-state index contributed by atoms with van der Waals surface area (Å²) in [6, 6.07) is 21.6. The molecule has 2 aromatic carbocycles. The van der Waals surface area contributed by atoms with Gasteiger partial charge in [0.25, 0.3) is 0 Å². The highest BCUT2D eigenvalue weighted by Gasteiger charge is 2.19. The lowest BCUT2D eigenvalue weighted by Crippen LogP contribution is -2.27. The van der Waals surface area contributed by atoms with Gasteiger partial charge in [-0.1, -0.05) is 48.2 Å². The molecule has 0 aliphatic rings. The molecule has 2 aromatic heterocycles. The number of nitrogens with zero attached hydrogens (tertiary/aromatic N) is 4. The molecule has 0 saturated carbocycles. The molecule has 1 amide bonds. The second kappa shape index (κ2) is 9.99. The standard InChI is InChI=1S/C23H20FN5OS/c24-20-12-5-4-11-19(20)22-27-28-23(29(22)18-9-2-1-3-10-18)31-16-21(30)26-15-13-17-8-6-7-14-25-17/h1-12,14H,13,15-16H2,(H,26,30). The van der Waals surface area contributed by atoms with Crippen molar-refractivity contribution in [2.45, 2.75) is 11.6 Å². The molecule has 6 nitrogen and oxygen atoms in total. The highest BCUT2D eigenvalue weighted by Crippen LogP contribution is 2.29. The molecule has 0 radical (unpaired) electrons. The lowest BCUT2D eigenvalue weighted by molar-refractivity contribution is -0.118. The van der Waals surface area contributed by atoms with Crippen LogP contribution in [0, 0.1) is 5.82 Å². The van der Waals surface area contributed by atoms with E-state index >= 15 is 0 Å². The van der Waals surface area contributed by atoms with Crippen molar-refractivity contribution >= 4 is 17.7 Å². The van der Waals surface area contributed by atoms with Crippen LogP contribution in [0.1, 0.15) is 5.69 Å². The monoisotopic (exact) mass is 433 g/mol. The van der Waals surface area contributed by atoms with Crippen molar-refractivity contribution < 1.29 is 9.18 Å². The van der Waals surface area contributed by atoms with Crippen LogP contribution in [0.3, 0.4) is 0 Å². The van der Waals surface area contributed by atoms with Crippen LogP contribution in [0.15, 0.2) is 84.1 Å². The SMILES string of the molecule is O=C(CSc1nnc(-c2ccccc2F)n1-c1ccccc1)NCCc1ccccn1. The maximum absolute atomic E-state index is 14.4. The zero-order chi connectivity index (χ0) is 21.5. The molecule has 0 aliphatic heterocycles. The molecular formula is C23H20FN5OS. The van der Waals surface area contributed by atoms with E-state index in [1.54, 1.807) is 29.0 Å². The summed E-state index contributed by atoms with van der Waals surface area (Å²) < 4.78 is 16.2. The Kier molecular flexibility index (Phi) is 6.68. The summed E-state index contributed by atoms with van der Waals surface area (Å²) in [5, 5.41) is 11.9. The molecule has 8 heteroatoms. The van der Waals surface area contributed by atoms with Crippen LogP contribution in [0.25, 0.3) is 17.1 Å². The number of thioether (sulfide) groups is 1. The third kappa shape index (κ3) is 5.16. The Hall–Kier alpha value is -3.52. The quantitative estimate of drug-likeness (QED) is 0.427. The van der Waals surface area contributed by atoms with E-state index in [0.717, 1.165) is 11.4 Å². The van der Waals surface area contributed by atoms with E-state index in [1.165, 1.54) is 17.8 Å². The molecule has 0 atom stereocenters. The highest BCUT2D eigenvalue weighted by atomic mass is 32.2. The van der Waals surface area contributed by atoms with Crippen molar-refractivity contribution in [2.75, 3.05) is 12.3 Å². The van der Waals surface area contributed by atoms with Crippen LogP contribution in [0.4, 0.5) is 4.39 Å². The van der Waals surface area contributed by atoms with Crippen LogP contribution in [-0.4, -0.2) is 38.0 Å². The average Bonchev–Trinajstić information content (AvgIpc) is 3.23. The molecule has 1 N–H and O–H groups in total. The van der Waals surface area contributed by atoms with Crippen LogP contribution < -0.4 is 5.32 Å². The first-order chi connectivity index (χ1) is 15.2. The van der Waals surface area contributed by atoms with E-state index in [0.29, 0.717) is 29.5 Å². The van der Waals surface area contributed by atoms with Gasteiger partial charge in [0.15, 0.2) is 11.0 Å². The molecule has 4 rings (SSSR count). The highest BCUT2D eigenvalue weighted by molar-refractivity contribution is 7.99. The van der Waals surface area contributed by atoms with Crippen molar-refractivity contribution in [1.29, 1.82) is 0 Å². The summed E-state index contributed by atoms with van der Waals surface area (Å²) in [6.45, 7) is 0.502. The topological polar surface area (TPSA) is 72.7 Å². The van der Waals surface area contributed by atoms with Crippen LogP contribution in [-0.2, 0) is 11.2 Å². The number of halogens is 1. The number of rotatable bonds is 8. The maximum atomic E-state index is 14.4. The number of para-hydroxylation sites is 1. The fourth-order valence-corrected chi connectivity index (χ4v) is 3.83. The number of hydrogen-bond acceptors (Lipinski definition) is 5. The molecule has 0 bridgehead atoms. The number of pyridine rings is 1. The van der Waals surface area contributed by atoms with E-state index in [4.69, 9.17) is 0 Å². The summed E-state index contributed by atoms with van der Waals surface area (Å²) in [7, 11) is 0. The number of hydrogen-bond donors (Lipinski definition) is 1. The Labute approximate surface area is 183 Å². The molecule has 0 aliphatic carbocycles. The number of nitrogens with one attached hydrogen (secondary N) is 1. The van der Waals surface area contributed by atoms with Gasteiger partial charge in [-0.15, -0.1) is 10.2 Å². The Morgan fingerprint density at radius 1 is 0.968 bits per heavy atom. The minimum absolute atomic E-state index is 0.115. The Morgan fingerprint density at radius 2 is 1.74 bits per heavy atom. The smallest absolute Gasteiger partial charge is 0.230 e. The van der Waals surface area contributed by atoms with Crippen LogP contribution in [0.2, 0.25) is 0 Å². The van der Waals surface area contributed by atoms with Crippen molar-refractivity contribution in [1.82, 2.24) is 25.1 Å².